The predicted octanol–water partition coefficient (Wildman–Crippen LogP) is 2.89. The summed E-state index contributed by atoms with van der Waals surface area (Å²) in [6, 6.07) is 0.130. The summed E-state index contributed by atoms with van der Waals surface area (Å²) < 4.78 is 1.45. The van der Waals surface area contributed by atoms with Crippen LogP contribution in [0.2, 0.25) is 0 Å². The number of aryl methyl sites for hydroxylation is 1. The summed E-state index contributed by atoms with van der Waals surface area (Å²) in [7, 11) is 0. The molecule has 0 saturated heterocycles. The quantitative estimate of drug-likeness (QED) is 0.904. The molecule has 5 nitrogen and oxygen atoms in total. The Labute approximate surface area is 146 Å². The van der Waals surface area contributed by atoms with Crippen molar-refractivity contribution in [1.29, 1.82) is 0 Å². The summed E-state index contributed by atoms with van der Waals surface area (Å²) in [5.41, 5.74) is 1.09. The van der Waals surface area contributed by atoms with Crippen LogP contribution in [0, 0.1) is 5.92 Å². The van der Waals surface area contributed by atoms with E-state index in [4.69, 9.17) is 0 Å². The number of thiophene rings is 1. The van der Waals surface area contributed by atoms with Crippen LogP contribution in [0.5, 0.6) is 0 Å². The van der Waals surface area contributed by atoms with Gasteiger partial charge < -0.3 is 5.32 Å². The Hall–Kier alpha value is -1.69. The Balaban J connectivity index is 1.86. The fourth-order valence-corrected chi connectivity index (χ4v) is 4.80. The monoisotopic (exact) mass is 347 g/mol. The molecule has 24 heavy (non-hydrogen) atoms. The van der Waals surface area contributed by atoms with E-state index in [-0.39, 0.29) is 24.1 Å². The Bertz CT molecular complexity index is 808. The fourth-order valence-electron chi connectivity index (χ4n) is 3.46. The van der Waals surface area contributed by atoms with Crippen molar-refractivity contribution in [2.24, 2.45) is 5.92 Å². The molecule has 0 fully saturated rings. The number of rotatable bonds is 5. The second-order valence-corrected chi connectivity index (χ2v) is 8.05. The molecule has 1 N–H and O–H groups in total. The third-order valence-corrected chi connectivity index (χ3v) is 5.89. The topological polar surface area (TPSA) is 64.0 Å². The molecular formula is C18H25N3O2S. The van der Waals surface area contributed by atoms with E-state index in [9.17, 15) is 9.59 Å². The zero-order valence-electron chi connectivity index (χ0n) is 14.6. The molecule has 1 amide bonds. The van der Waals surface area contributed by atoms with Crippen molar-refractivity contribution >= 4 is 27.5 Å². The minimum absolute atomic E-state index is 0.0385. The standard InChI is InChI=1S/C18H25N3O2S/c1-4-5-12(3)20-15(22)9-21-10-19-17-16(18(21)23)13-7-6-11(2)8-14(13)24-17/h10-12H,4-9H2,1-3H3,(H,20,22)/t11-,12+/m0/s1. The van der Waals surface area contributed by atoms with Crippen molar-refractivity contribution in [3.05, 3.63) is 27.1 Å². The number of amides is 1. The predicted molar refractivity (Wildman–Crippen MR) is 97.6 cm³/mol. The van der Waals surface area contributed by atoms with E-state index in [1.54, 1.807) is 11.3 Å². The molecule has 1 aliphatic carbocycles. The smallest absolute Gasteiger partial charge is 0.262 e. The first-order valence-electron chi connectivity index (χ1n) is 8.78. The number of nitrogens with zero attached hydrogens (tertiary/aromatic N) is 2. The Morgan fingerprint density at radius 1 is 1.54 bits per heavy atom. The Kier molecular flexibility index (Phi) is 5.04. The molecule has 0 saturated carbocycles. The van der Waals surface area contributed by atoms with Gasteiger partial charge in [0.1, 0.15) is 11.4 Å². The summed E-state index contributed by atoms with van der Waals surface area (Å²) >= 11 is 1.64. The van der Waals surface area contributed by atoms with E-state index in [0.29, 0.717) is 5.92 Å². The van der Waals surface area contributed by atoms with Crippen LogP contribution in [0.25, 0.3) is 10.2 Å². The van der Waals surface area contributed by atoms with Gasteiger partial charge >= 0.3 is 0 Å². The van der Waals surface area contributed by atoms with Gasteiger partial charge in [-0.05, 0) is 44.1 Å². The van der Waals surface area contributed by atoms with Gasteiger partial charge in [-0.3, -0.25) is 14.2 Å². The number of hydrogen-bond donors (Lipinski definition) is 1. The van der Waals surface area contributed by atoms with Gasteiger partial charge in [-0.1, -0.05) is 20.3 Å². The minimum Gasteiger partial charge on any atom is -0.352 e. The molecule has 2 aromatic rings. The maximum atomic E-state index is 12.8. The van der Waals surface area contributed by atoms with Crippen LogP contribution in [0.3, 0.4) is 0 Å². The second kappa shape index (κ2) is 7.05. The molecule has 0 aliphatic heterocycles. The van der Waals surface area contributed by atoms with Crippen molar-refractivity contribution in [2.75, 3.05) is 0 Å². The minimum atomic E-state index is -0.128. The third kappa shape index (κ3) is 3.38. The molecule has 6 heteroatoms. The van der Waals surface area contributed by atoms with Crippen LogP contribution in [0.1, 0.15) is 50.5 Å². The SMILES string of the molecule is CCC[C@@H](C)NC(=O)Cn1cnc2sc3c(c2c1=O)CC[C@H](C)C3. The van der Waals surface area contributed by atoms with Crippen molar-refractivity contribution < 1.29 is 4.79 Å². The van der Waals surface area contributed by atoms with Crippen LogP contribution in [-0.4, -0.2) is 21.5 Å². The maximum absolute atomic E-state index is 12.8. The first-order chi connectivity index (χ1) is 11.5. The van der Waals surface area contributed by atoms with Gasteiger partial charge in [-0.25, -0.2) is 4.98 Å². The molecule has 0 unspecified atom stereocenters. The largest absolute Gasteiger partial charge is 0.352 e. The number of hydrogen-bond acceptors (Lipinski definition) is 4. The van der Waals surface area contributed by atoms with Gasteiger partial charge in [0.15, 0.2) is 0 Å². The molecule has 2 aromatic heterocycles. The van der Waals surface area contributed by atoms with E-state index in [0.717, 1.165) is 42.3 Å². The van der Waals surface area contributed by atoms with Gasteiger partial charge in [0.2, 0.25) is 5.91 Å². The molecule has 2 heterocycles. The molecule has 2 atom stereocenters. The molecule has 0 radical (unpaired) electrons. The Morgan fingerprint density at radius 3 is 3.08 bits per heavy atom. The van der Waals surface area contributed by atoms with Crippen molar-refractivity contribution in [3.8, 4) is 0 Å². The van der Waals surface area contributed by atoms with Crippen LogP contribution < -0.4 is 10.9 Å². The lowest BCUT2D eigenvalue weighted by Gasteiger charge is -2.17. The van der Waals surface area contributed by atoms with E-state index in [1.165, 1.54) is 21.3 Å². The lowest BCUT2D eigenvalue weighted by molar-refractivity contribution is -0.122. The van der Waals surface area contributed by atoms with Crippen LogP contribution in [0.15, 0.2) is 11.1 Å². The lowest BCUT2D eigenvalue weighted by atomic mass is 9.89. The van der Waals surface area contributed by atoms with Gasteiger partial charge in [0.05, 0.1) is 11.7 Å². The zero-order chi connectivity index (χ0) is 17.3. The summed E-state index contributed by atoms with van der Waals surface area (Å²) in [5.74, 6) is 0.538. The van der Waals surface area contributed by atoms with E-state index in [2.05, 4.69) is 24.1 Å². The molecule has 0 bridgehead atoms. The first-order valence-corrected chi connectivity index (χ1v) is 9.60. The summed E-state index contributed by atoms with van der Waals surface area (Å²) in [4.78, 5) is 31.6. The average Bonchev–Trinajstić information content (AvgIpc) is 2.88. The highest BCUT2D eigenvalue weighted by Crippen LogP contribution is 2.35. The van der Waals surface area contributed by atoms with Gasteiger partial charge in [-0.15, -0.1) is 11.3 Å². The van der Waals surface area contributed by atoms with Crippen LogP contribution in [-0.2, 0) is 24.2 Å². The van der Waals surface area contributed by atoms with Gasteiger partial charge in [-0.2, -0.15) is 0 Å². The summed E-state index contributed by atoms with van der Waals surface area (Å²) in [6.07, 6.45) is 6.56. The first kappa shape index (κ1) is 17.1. The normalized spacial score (nSPS) is 18.4. The van der Waals surface area contributed by atoms with Crippen LogP contribution >= 0.6 is 11.3 Å². The van der Waals surface area contributed by atoms with Gasteiger partial charge in [0, 0.05) is 10.9 Å². The maximum Gasteiger partial charge on any atom is 0.262 e. The molecule has 0 aromatic carbocycles. The Morgan fingerprint density at radius 2 is 2.33 bits per heavy atom. The number of aromatic nitrogens is 2. The highest BCUT2D eigenvalue weighted by atomic mass is 32.1. The molecule has 130 valence electrons. The van der Waals surface area contributed by atoms with E-state index < -0.39 is 0 Å². The fraction of sp³-hybridized carbons (Fsp3) is 0.611. The molecule has 3 rings (SSSR count). The van der Waals surface area contributed by atoms with Crippen molar-refractivity contribution in [2.45, 2.75) is 65.5 Å². The molecular weight excluding hydrogens is 322 g/mol. The second-order valence-electron chi connectivity index (χ2n) is 6.97. The van der Waals surface area contributed by atoms with Crippen LogP contribution in [0.4, 0.5) is 0 Å². The summed E-state index contributed by atoms with van der Waals surface area (Å²) in [6.45, 7) is 6.37. The van der Waals surface area contributed by atoms with E-state index >= 15 is 0 Å². The number of carbonyl (C=O) groups excluding carboxylic acids is 1. The zero-order valence-corrected chi connectivity index (χ0v) is 15.4. The van der Waals surface area contributed by atoms with Crippen molar-refractivity contribution in [1.82, 2.24) is 14.9 Å². The average molecular weight is 347 g/mol. The summed E-state index contributed by atoms with van der Waals surface area (Å²) in [5, 5.41) is 3.68. The third-order valence-electron chi connectivity index (χ3n) is 4.73. The number of fused-ring (bicyclic) bond motifs is 3. The van der Waals surface area contributed by atoms with Crippen molar-refractivity contribution in [3.63, 3.8) is 0 Å². The molecule has 0 spiro atoms. The number of carbonyl (C=O) groups is 1. The van der Waals surface area contributed by atoms with E-state index in [1.807, 2.05) is 6.92 Å². The lowest BCUT2D eigenvalue weighted by Crippen LogP contribution is -2.37. The molecule has 1 aliphatic rings. The highest BCUT2D eigenvalue weighted by Gasteiger charge is 2.23. The van der Waals surface area contributed by atoms with Gasteiger partial charge in [0.25, 0.3) is 5.56 Å². The highest BCUT2D eigenvalue weighted by molar-refractivity contribution is 7.18. The number of nitrogens with one attached hydrogen (secondary N) is 1.